The van der Waals surface area contributed by atoms with Gasteiger partial charge in [-0.1, -0.05) is 72.4 Å². The Hall–Kier alpha value is -3.65. The van der Waals surface area contributed by atoms with E-state index in [1.807, 2.05) is 60.7 Å². The number of carbonyl (C=O) groups excluding carboxylic acids is 1. The van der Waals surface area contributed by atoms with Crippen molar-refractivity contribution < 1.29 is 9.18 Å². The van der Waals surface area contributed by atoms with Crippen molar-refractivity contribution in [3.05, 3.63) is 96.3 Å². The summed E-state index contributed by atoms with van der Waals surface area (Å²) in [7, 11) is 0. The molecule has 2 N–H and O–H groups in total. The van der Waals surface area contributed by atoms with Crippen LogP contribution in [0.4, 0.5) is 10.1 Å². The van der Waals surface area contributed by atoms with Gasteiger partial charge in [0.2, 0.25) is 11.1 Å². The van der Waals surface area contributed by atoms with Gasteiger partial charge in [0.25, 0.3) is 0 Å². The van der Waals surface area contributed by atoms with E-state index in [1.165, 1.54) is 23.9 Å². The van der Waals surface area contributed by atoms with E-state index in [0.717, 1.165) is 11.1 Å². The maximum Gasteiger partial charge on any atom is 0.240 e. The molecule has 0 saturated carbocycles. The zero-order valence-corrected chi connectivity index (χ0v) is 17.1. The van der Waals surface area contributed by atoms with Crippen molar-refractivity contribution in [1.82, 2.24) is 14.9 Å². The third-order valence-electron chi connectivity index (χ3n) is 5.00. The fraction of sp³-hybridized carbons (Fsp3) is 0.0870. The number of aromatic nitrogens is 3. The number of amides is 1. The van der Waals surface area contributed by atoms with Gasteiger partial charge in [-0.2, -0.15) is 0 Å². The number of halogens is 1. The first kappa shape index (κ1) is 19.3. The minimum Gasteiger partial charge on any atom is -0.325 e. The molecule has 0 spiro atoms. The topological polar surface area (TPSA) is 71.8 Å². The van der Waals surface area contributed by atoms with Crippen molar-refractivity contribution in [2.45, 2.75) is 16.4 Å². The highest BCUT2D eigenvalue weighted by Crippen LogP contribution is 2.39. The summed E-state index contributed by atoms with van der Waals surface area (Å²) >= 11 is 1.33. The van der Waals surface area contributed by atoms with Crippen LogP contribution in [-0.4, -0.2) is 26.0 Å². The Morgan fingerprint density at radius 2 is 1.61 bits per heavy atom. The van der Waals surface area contributed by atoms with E-state index in [1.54, 1.807) is 16.8 Å². The summed E-state index contributed by atoms with van der Waals surface area (Å²) < 4.78 is 15.3. The van der Waals surface area contributed by atoms with Crippen molar-refractivity contribution in [3.8, 4) is 11.4 Å². The van der Waals surface area contributed by atoms with Crippen LogP contribution in [0.2, 0.25) is 0 Å². The van der Waals surface area contributed by atoms with Crippen molar-refractivity contribution in [1.29, 1.82) is 0 Å². The van der Waals surface area contributed by atoms with Crippen molar-refractivity contribution in [2.75, 3.05) is 10.7 Å². The van der Waals surface area contributed by atoms with E-state index in [0.29, 0.717) is 16.7 Å². The van der Waals surface area contributed by atoms with Gasteiger partial charge in [-0.15, -0.1) is 10.2 Å². The molecule has 5 rings (SSSR count). The Morgan fingerprint density at radius 1 is 0.935 bits per heavy atom. The lowest BCUT2D eigenvalue weighted by atomic mass is 10.0. The number of rotatable bonds is 4. The number of anilines is 1. The maximum atomic E-state index is 13.5. The van der Waals surface area contributed by atoms with Gasteiger partial charge < -0.3 is 10.7 Å². The second kappa shape index (κ2) is 8.23. The van der Waals surface area contributed by atoms with E-state index >= 15 is 0 Å². The minimum atomic E-state index is -0.536. The smallest absolute Gasteiger partial charge is 0.240 e. The third-order valence-corrected chi connectivity index (χ3v) is 6.21. The first-order valence-electron chi connectivity index (χ1n) is 9.74. The molecule has 2 heterocycles. The molecular formula is C23H18FN5OS. The number of carbonyl (C=O) groups is 1. The number of thioether (sulfide) groups is 1. The zero-order chi connectivity index (χ0) is 21.2. The lowest BCUT2D eigenvalue weighted by Crippen LogP contribution is -2.41. The first-order valence-corrected chi connectivity index (χ1v) is 10.6. The second-order valence-electron chi connectivity index (χ2n) is 7.06. The molecule has 1 aliphatic rings. The molecular weight excluding hydrogens is 413 g/mol. The quantitative estimate of drug-likeness (QED) is 0.498. The molecule has 0 fully saturated rings. The highest BCUT2D eigenvalue weighted by atomic mass is 32.2. The van der Waals surface area contributed by atoms with E-state index in [9.17, 15) is 9.18 Å². The normalized spacial score (nSPS) is 17.5. The second-order valence-corrected chi connectivity index (χ2v) is 8.17. The van der Waals surface area contributed by atoms with Crippen molar-refractivity contribution in [2.24, 2.45) is 0 Å². The van der Waals surface area contributed by atoms with Crippen LogP contribution in [0.1, 0.15) is 11.6 Å². The Kier molecular flexibility index (Phi) is 5.13. The van der Waals surface area contributed by atoms with Crippen molar-refractivity contribution in [3.63, 3.8) is 0 Å². The SMILES string of the molecule is O=C(Nc1ccccc1)[C@@H]1Sc2nnc(-c3ccccc3)n2N[C@H]1c1ccc(F)cc1. The molecule has 2 atom stereocenters. The predicted molar refractivity (Wildman–Crippen MR) is 119 cm³/mol. The molecule has 1 aliphatic heterocycles. The van der Waals surface area contributed by atoms with Crippen LogP contribution in [-0.2, 0) is 4.79 Å². The predicted octanol–water partition coefficient (Wildman–Crippen LogP) is 4.48. The number of fused-ring (bicyclic) bond motifs is 1. The summed E-state index contributed by atoms with van der Waals surface area (Å²) in [6.45, 7) is 0. The molecule has 0 saturated heterocycles. The van der Waals surface area contributed by atoms with E-state index < -0.39 is 11.3 Å². The monoisotopic (exact) mass is 431 g/mol. The molecule has 1 amide bonds. The third kappa shape index (κ3) is 3.89. The molecule has 154 valence electrons. The molecule has 6 nitrogen and oxygen atoms in total. The van der Waals surface area contributed by atoms with E-state index in [2.05, 4.69) is 20.9 Å². The summed E-state index contributed by atoms with van der Waals surface area (Å²) in [5.74, 6) is 0.151. The number of nitrogens with zero attached hydrogens (tertiary/aromatic N) is 3. The Balaban J connectivity index is 1.52. The molecule has 8 heteroatoms. The van der Waals surface area contributed by atoms with Gasteiger partial charge in [0.1, 0.15) is 11.1 Å². The molecule has 0 aliphatic carbocycles. The summed E-state index contributed by atoms with van der Waals surface area (Å²) in [5.41, 5.74) is 5.79. The molecule has 0 radical (unpaired) electrons. The van der Waals surface area contributed by atoms with Gasteiger partial charge >= 0.3 is 0 Å². The standard InChI is InChI=1S/C23H18FN5OS/c24-17-13-11-15(12-14-17)19-20(22(30)25-18-9-5-2-6-10-18)31-23-27-26-21(29(23)28-19)16-7-3-1-4-8-16/h1-14,19-20,28H,(H,25,30)/t19-,20+/m0/s1. The number of para-hydroxylation sites is 1. The van der Waals surface area contributed by atoms with Gasteiger partial charge in [-0.25, -0.2) is 9.07 Å². The number of benzene rings is 3. The van der Waals surface area contributed by atoms with Gasteiger partial charge in [-0.3, -0.25) is 4.79 Å². The Bertz CT molecular complexity index is 1200. The molecule has 31 heavy (non-hydrogen) atoms. The molecule has 0 bridgehead atoms. The van der Waals surface area contributed by atoms with E-state index in [4.69, 9.17) is 0 Å². The van der Waals surface area contributed by atoms with Crippen LogP contribution >= 0.6 is 11.8 Å². The van der Waals surface area contributed by atoms with Crippen LogP contribution in [0.15, 0.2) is 90.1 Å². The minimum absolute atomic E-state index is 0.173. The van der Waals surface area contributed by atoms with Crippen LogP contribution < -0.4 is 10.7 Å². The van der Waals surface area contributed by atoms with Gasteiger partial charge in [-0.05, 0) is 29.8 Å². The lowest BCUT2D eigenvalue weighted by molar-refractivity contribution is -0.116. The van der Waals surface area contributed by atoms with Gasteiger partial charge in [0.15, 0.2) is 5.82 Å². The summed E-state index contributed by atoms with van der Waals surface area (Å²) in [6, 6.07) is 24.7. The van der Waals surface area contributed by atoms with Crippen LogP contribution in [0.5, 0.6) is 0 Å². The first-order chi connectivity index (χ1) is 15.2. The molecule has 1 aromatic heterocycles. The lowest BCUT2D eigenvalue weighted by Gasteiger charge is -2.33. The van der Waals surface area contributed by atoms with Gasteiger partial charge in [0, 0.05) is 11.3 Å². The molecule has 4 aromatic rings. The Labute approximate surface area is 182 Å². The Morgan fingerprint density at radius 3 is 2.32 bits per heavy atom. The summed E-state index contributed by atoms with van der Waals surface area (Å²) in [4.78, 5) is 13.2. The zero-order valence-electron chi connectivity index (χ0n) is 16.3. The number of hydrogen-bond donors (Lipinski definition) is 2. The maximum absolute atomic E-state index is 13.5. The highest BCUT2D eigenvalue weighted by Gasteiger charge is 2.38. The van der Waals surface area contributed by atoms with E-state index in [-0.39, 0.29) is 11.7 Å². The largest absolute Gasteiger partial charge is 0.325 e. The fourth-order valence-corrected chi connectivity index (χ4v) is 4.56. The number of nitrogens with one attached hydrogen (secondary N) is 2. The average molecular weight is 431 g/mol. The van der Waals surface area contributed by atoms with Crippen LogP contribution in [0.25, 0.3) is 11.4 Å². The molecule has 3 aromatic carbocycles. The van der Waals surface area contributed by atoms with Crippen molar-refractivity contribution >= 4 is 23.4 Å². The van der Waals surface area contributed by atoms with Crippen LogP contribution in [0.3, 0.4) is 0 Å². The highest BCUT2D eigenvalue weighted by molar-refractivity contribution is 8.00. The molecule has 0 unspecified atom stereocenters. The van der Waals surface area contributed by atoms with Gasteiger partial charge in [0.05, 0.1) is 6.04 Å². The summed E-state index contributed by atoms with van der Waals surface area (Å²) in [5, 5.41) is 11.6. The fourth-order valence-electron chi connectivity index (χ4n) is 3.48. The summed E-state index contributed by atoms with van der Waals surface area (Å²) in [6.07, 6.45) is 0. The van der Waals surface area contributed by atoms with Crippen LogP contribution in [0, 0.1) is 5.82 Å². The average Bonchev–Trinajstić information content (AvgIpc) is 3.23. The number of hydrogen-bond acceptors (Lipinski definition) is 5.